The van der Waals surface area contributed by atoms with Crippen LogP contribution in [0.15, 0.2) is 53.4 Å². The van der Waals surface area contributed by atoms with Crippen LogP contribution in [-0.2, 0) is 0 Å². The Hall–Kier alpha value is -1.65. The molecule has 1 aromatic carbocycles. The van der Waals surface area contributed by atoms with E-state index in [1.807, 2.05) is 30.3 Å². The lowest BCUT2D eigenvalue weighted by Crippen LogP contribution is -1.94. The zero-order valence-electron chi connectivity index (χ0n) is 9.77. The van der Waals surface area contributed by atoms with Crippen molar-refractivity contribution in [1.82, 2.24) is 9.97 Å². The highest BCUT2D eigenvalue weighted by molar-refractivity contribution is 9.10. The Balaban J connectivity index is 2.12. The number of fused-ring (bicyclic) bond motifs is 1. The van der Waals surface area contributed by atoms with Crippen molar-refractivity contribution >= 4 is 49.8 Å². The van der Waals surface area contributed by atoms with Crippen molar-refractivity contribution in [1.29, 1.82) is 0 Å². The smallest absolute Gasteiger partial charge is 0.0951 e. The third-order valence-electron chi connectivity index (χ3n) is 2.76. The van der Waals surface area contributed by atoms with Crippen LogP contribution in [-0.4, -0.2) is 9.97 Å². The van der Waals surface area contributed by atoms with Crippen molar-refractivity contribution in [3.05, 3.63) is 58.4 Å². The van der Waals surface area contributed by atoms with Gasteiger partial charge in [-0.2, -0.15) is 0 Å². The molecule has 5 heteroatoms. The monoisotopic (exact) mass is 333 g/mol. The zero-order valence-corrected chi connectivity index (χ0v) is 12.1. The van der Waals surface area contributed by atoms with Crippen molar-refractivity contribution < 1.29 is 0 Å². The average molecular weight is 335 g/mol. The van der Waals surface area contributed by atoms with Crippen molar-refractivity contribution in [3.8, 4) is 0 Å². The molecule has 0 unspecified atom stereocenters. The van der Waals surface area contributed by atoms with Gasteiger partial charge in [-0.3, -0.25) is 9.97 Å². The standard InChI is InChI=1S/C14H9BrClN3/c15-10-8-17-7-5-12(10)19-13-4-3-11(16)9-2-1-6-18-14(9)13/h1-8H,(H,17,19). The fourth-order valence-corrected chi connectivity index (χ4v) is 2.43. The third kappa shape index (κ3) is 2.41. The fourth-order valence-electron chi connectivity index (χ4n) is 1.86. The molecule has 0 aliphatic heterocycles. The summed E-state index contributed by atoms with van der Waals surface area (Å²) >= 11 is 9.64. The average Bonchev–Trinajstić information content (AvgIpc) is 2.44. The molecule has 2 aromatic heterocycles. The predicted molar refractivity (Wildman–Crippen MR) is 82.0 cm³/mol. The Morgan fingerprint density at radius 1 is 1.05 bits per heavy atom. The molecule has 0 fully saturated rings. The minimum Gasteiger partial charge on any atom is -0.353 e. The first-order valence-corrected chi connectivity index (χ1v) is 6.82. The summed E-state index contributed by atoms with van der Waals surface area (Å²) in [6.07, 6.45) is 5.23. The number of halogens is 2. The van der Waals surface area contributed by atoms with E-state index in [-0.39, 0.29) is 0 Å². The minimum atomic E-state index is 0.697. The van der Waals surface area contributed by atoms with E-state index in [1.165, 1.54) is 0 Å². The second kappa shape index (κ2) is 5.15. The highest BCUT2D eigenvalue weighted by atomic mass is 79.9. The van der Waals surface area contributed by atoms with Gasteiger partial charge < -0.3 is 5.32 Å². The van der Waals surface area contributed by atoms with Gasteiger partial charge in [0.25, 0.3) is 0 Å². The van der Waals surface area contributed by atoms with Crippen LogP contribution >= 0.6 is 27.5 Å². The van der Waals surface area contributed by atoms with E-state index >= 15 is 0 Å². The Labute approximate surface area is 123 Å². The van der Waals surface area contributed by atoms with E-state index in [0.717, 1.165) is 26.8 Å². The third-order valence-corrected chi connectivity index (χ3v) is 3.72. The lowest BCUT2D eigenvalue weighted by Gasteiger charge is -2.11. The van der Waals surface area contributed by atoms with Crippen LogP contribution in [0.1, 0.15) is 0 Å². The van der Waals surface area contributed by atoms with Crippen molar-refractivity contribution in [3.63, 3.8) is 0 Å². The summed E-state index contributed by atoms with van der Waals surface area (Å²) in [6.45, 7) is 0. The number of nitrogens with zero attached hydrogens (tertiary/aromatic N) is 2. The van der Waals surface area contributed by atoms with Crippen LogP contribution in [0.25, 0.3) is 10.9 Å². The Morgan fingerprint density at radius 2 is 1.95 bits per heavy atom. The van der Waals surface area contributed by atoms with Gasteiger partial charge in [-0.05, 0) is 46.3 Å². The quantitative estimate of drug-likeness (QED) is 0.732. The summed E-state index contributed by atoms with van der Waals surface area (Å²) in [6, 6.07) is 9.51. The molecule has 1 N–H and O–H groups in total. The van der Waals surface area contributed by atoms with E-state index in [4.69, 9.17) is 11.6 Å². The molecule has 0 saturated heterocycles. The number of hydrogen-bond acceptors (Lipinski definition) is 3. The second-order valence-corrected chi connectivity index (χ2v) is 5.24. The van der Waals surface area contributed by atoms with Gasteiger partial charge in [-0.15, -0.1) is 0 Å². The van der Waals surface area contributed by atoms with E-state index < -0.39 is 0 Å². The molecule has 19 heavy (non-hydrogen) atoms. The molecule has 0 aliphatic rings. The van der Waals surface area contributed by atoms with Crippen LogP contribution in [0, 0.1) is 0 Å². The Kier molecular flexibility index (Phi) is 3.36. The Bertz CT molecular complexity index is 746. The largest absolute Gasteiger partial charge is 0.353 e. The number of anilines is 2. The molecular weight excluding hydrogens is 326 g/mol. The number of hydrogen-bond donors (Lipinski definition) is 1. The molecule has 0 spiro atoms. The highest BCUT2D eigenvalue weighted by Gasteiger charge is 2.07. The van der Waals surface area contributed by atoms with Crippen LogP contribution in [0.4, 0.5) is 11.4 Å². The van der Waals surface area contributed by atoms with Crippen LogP contribution in [0.5, 0.6) is 0 Å². The predicted octanol–water partition coefficient (Wildman–Crippen LogP) is 4.79. The molecule has 0 aliphatic carbocycles. The fraction of sp³-hybridized carbons (Fsp3) is 0. The van der Waals surface area contributed by atoms with E-state index in [9.17, 15) is 0 Å². The first-order chi connectivity index (χ1) is 9.25. The van der Waals surface area contributed by atoms with E-state index in [2.05, 4.69) is 31.2 Å². The maximum absolute atomic E-state index is 6.18. The lowest BCUT2D eigenvalue weighted by molar-refractivity contribution is 1.30. The summed E-state index contributed by atoms with van der Waals surface area (Å²) < 4.78 is 0.897. The number of nitrogens with one attached hydrogen (secondary N) is 1. The van der Waals surface area contributed by atoms with Crippen molar-refractivity contribution in [2.75, 3.05) is 5.32 Å². The van der Waals surface area contributed by atoms with Gasteiger partial charge in [0, 0.05) is 24.0 Å². The number of benzene rings is 1. The second-order valence-electron chi connectivity index (χ2n) is 3.98. The molecule has 3 nitrogen and oxygen atoms in total. The molecule has 0 amide bonds. The van der Waals surface area contributed by atoms with Gasteiger partial charge in [-0.25, -0.2) is 0 Å². The van der Waals surface area contributed by atoms with Gasteiger partial charge in [-0.1, -0.05) is 11.6 Å². The first kappa shape index (κ1) is 12.4. The number of rotatable bonds is 2. The zero-order chi connectivity index (χ0) is 13.2. The van der Waals surface area contributed by atoms with E-state index in [0.29, 0.717) is 5.02 Å². The van der Waals surface area contributed by atoms with Crippen LogP contribution in [0.2, 0.25) is 5.02 Å². The number of pyridine rings is 2. The highest BCUT2D eigenvalue weighted by Crippen LogP contribution is 2.31. The van der Waals surface area contributed by atoms with E-state index in [1.54, 1.807) is 18.6 Å². The minimum absolute atomic E-state index is 0.697. The van der Waals surface area contributed by atoms with Gasteiger partial charge in [0.15, 0.2) is 0 Å². The number of aromatic nitrogens is 2. The SMILES string of the molecule is Clc1ccc(Nc2ccncc2Br)c2ncccc12. The molecule has 0 radical (unpaired) electrons. The van der Waals surface area contributed by atoms with Crippen molar-refractivity contribution in [2.24, 2.45) is 0 Å². The van der Waals surface area contributed by atoms with Gasteiger partial charge >= 0.3 is 0 Å². The first-order valence-electron chi connectivity index (χ1n) is 5.65. The van der Waals surface area contributed by atoms with Crippen LogP contribution < -0.4 is 5.32 Å². The Morgan fingerprint density at radius 3 is 2.79 bits per heavy atom. The maximum Gasteiger partial charge on any atom is 0.0951 e. The molecule has 0 saturated carbocycles. The normalized spacial score (nSPS) is 10.6. The van der Waals surface area contributed by atoms with Crippen molar-refractivity contribution in [2.45, 2.75) is 0 Å². The summed E-state index contributed by atoms with van der Waals surface area (Å²) in [5, 5.41) is 4.96. The van der Waals surface area contributed by atoms with Gasteiger partial charge in [0.05, 0.1) is 26.4 Å². The molecule has 0 atom stereocenters. The molecule has 94 valence electrons. The van der Waals surface area contributed by atoms with Gasteiger partial charge in [0.1, 0.15) is 0 Å². The lowest BCUT2D eigenvalue weighted by atomic mass is 10.2. The molecular formula is C14H9BrClN3. The molecule has 2 heterocycles. The topological polar surface area (TPSA) is 37.8 Å². The molecule has 3 rings (SSSR count). The summed E-state index contributed by atoms with van der Waals surface area (Å²) in [7, 11) is 0. The maximum atomic E-state index is 6.18. The summed E-state index contributed by atoms with van der Waals surface area (Å²) in [5.74, 6) is 0. The summed E-state index contributed by atoms with van der Waals surface area (Å²) in [4.78, 5) is 8.43. The van der Waals surface area contributed by atoms with Crippen LogP contribution in [0.3, 0.4) is 0 Å². The van der Waals surface area contributed by atoms with Gasteiger partial charge in [0.2, 0.25) is 0 Å². The summed E-state index contributed by atoms with van der Waals surface area (Å²) in [5.41, 5.74) is 2.69. The molecule has 3 aromatic rings. The molecule has 0 bridgehead atoms.